The van der Waals surface area contributed by atoms with Gasteiger partial charge in [-0.2, -0.15) is 5.10 Å². The summed E-state index contributed by atoms with van der Waals surface area (Å²) in [6.45, 7) is 0.862. The molecule has 3 aromatic rings. The first-order chi connectivity index (χ1) is 12.7. The molecule has 0 fully saturated rings. The largest absolute Gasteiger partial charge is 0.454 e. The van der Waals surface area contributed by atoms with Gasteiger partial charge in [-0.15, -0.1) is 0 Å². The summed E-state index contributed by atoms with van der Waals surface area (Å²) in [5, 5.41) is 11.4. The number of hydrogen-bond donors (Lipinski definition) is 2. The molecule has 6 nitrogen and oxygen atoms in total. The van der Waals surface area contributed by atoms with Gasteiger partial charge in [0.1, 0.15) is 5.02 Å². The molecule has 1 aliphatic heterocycles. The molecule has 26 heavy (non-hydrogen) atoms. The van der Waals surface area contributed by atoms with Crippen molar-refractivity contribution in [3.63, 3.8) is 0 Å². The molecule has 0 bridgehead atoms. The third-order valence-corrected chi connectivity index (χ3v) is 4.25. The Balaban J connectivity index is 1.41. The fourth-order valence-electron chi connectivity index (χ4n) is 2.58. The summed E-state index contributed by atoms with van der Waals surface area (Å²) < 4.78 is 12.4. The van der Waals surface area contributed by atoms with Crippen LogP contribution in [-0.2, 0) is 6.54 Å². The first-order valence-corrected chi connectivity index (χ1v) is 8.70. The molecule has 0 amide bonds. The number of nitrogens with zero attached hydrogens (tertiary/aromatic N) is 2. The highest BCUT2D eigenvalue weighted by molar-refractivity contribution is 7.80. The lowest BCUT2D eigenvalue weighted by molar-refractivity contribution is 0.174. The minimum Gasteiger partial charge on any atom is -0.454 e. The molecule has 0 radical (unpaired) electrons. The molecule has 0 saturated heterocycles. The van der Waals surface area contributed by atoms with E-state index in [1.165, 1.54) is 0 Å². The van der Waals surface area contributed by atoms with E-state index in [-0.39, 0.29) is 6.79 Å². The smallest absolute Gasteiger partial charge is 0.231 e. The summed E-state index contributed by atoms with van der Waals surface area (Å²) in [7, 11) is 0. The van der Waals surface area contributed by atoms with E-state index in [0.29, 0.717) is 28.2 Å². The minimum atomic E-state index is 0.232. The molecular formula is C18H15ClN4O2S. The number of ether oxygens (including phenoxy) is 2. The number of halogens is 1. The Bertz CT molecular complexity index is 946. The van der Waals surface area contributed by atoms with Crippen molar-refractivity contribution in [2.75, 3.05) is 17.4 Å². The lowest BCUT2D eigenvalue weighted by Crippen LogP contribution is -2.19. The molecule has 132 valence electrons. The second-order valence-corrected chi connectivity index (χ2v) is 6.47. The molecule has 2 heterocycles. The van der Waals surface area contributed by atoms with E-state index in [4.69, 9.17) is 33.3 Å². The molecule has 0 atom stereocenters. The summed E-state index contributed by atoms with van der Waals surface area (Å²) in [5.74, 6) is 1.90. The monoisotopic (exact) mass is 386 g/mol. The molecule has 8 heteroatoms. The van der Waals surface area contributed by atoms with E-state index in [0.717, 1.165) is 17.0 Å². The SMILES string of the molecule is S=C(Nc1ccc2c(c1)OCO2)Nc1nn(Cc2ccccc2)cc1Cl. The molecule has 2 N–H and O–H groups in total. The number of nitrogens with one attached hydrogen (secondary N) is 2. The van der Waals surface area contributed by atoms with E-state index < -0.39 is 0 Å². The van der Waals surface area contributed by atoms with Crippen molar-refractivity contribution in [1.29, 1.82) is 0 Å². The van der Waals surface area contributed by atoms with Crippen molar-refractivity contribution in [1.82, 2.24) is 9.78 Å². The fraction of sp³-hybridized carbons (Fsp3) is 0.111. The highest BCUT2D eigenvalue weighted by atomic mass is 35.5. The van der Waals surface area contributed by atoms with Crippen molar-refractivity contribution < 1.29 is 9.47 Å². The maximum absolute atomic E-state index is 6.27. The van der Waals surface area contributed by atoms with Crippen LogP contribution in [-0.4, -0.2) is 21.7 Å². The zero-order valence-electron chi connectivity index (χ0n) is 13.6. The van der Waals surface area contributed by atoms with Crippen LogP contribution in [0.3, 0.4) is 0 Å². The summed E-state index contributed by atoms with van der Waals surface area (Å²) in [6, 6.07) is 15.5. The van der Waals surface area contributed by atoms with Gasteiger partial charge in [0.15, 0.2) is 22.4 Å². The van der Waals surface area contributed by atoms with Gasteiger partial charge in [0, 0.05) is 18.0 Å². The van der Waals surface area contributed by atoms with E-state index in [9.17, 15) is 0 Å². The summed E-state index contributed by atoms with van der Waals surface area (Å²) in [6.07, 6.45) is 1.76. The van der Waals surface area contributed by atoms with Crippen LogP contribution >= 0.6 is 23.8 Å². The third-order valence-electron chi connectivity index (χ3n) is 3.77. The van der Waals surface area contributed by atoms with Crippen LogP contribution in [0.15, 0.2) is 54.7 Å². The van der Waals surface area contributed by atoms with E-state index in [1.807, 2.05) is 48.5 Å². The number of benzene rings is 2. The quantitative estimate of drug-likeness (QED) is 0.658. The number of thiocarbonyl (C=S) groups is 1. The standard InChI is InChI=1S/C18H15ClN4O2S/c19-14-10-23(9-12-4-2-1-3-5-12)22-17(14)21-18(26)20-13-6-7-15-16(8-13)25-11-24-15/h1-8,10H,9,11H2,(H2,20,21,22,26). The first-order valence-electron chi connectivity index (χ1n) is 7.92. The Morgan fingerprint density at radius 2 is 1.92 bits per heavy atom. The van der Waals surface area contributed by atoms with Gasteiger partial charge in [-0.05, 0) is 29.9 Å². The van der Waals surface area contributed by atoms with Gasteiger partial charge in [-0.3, -0.25) is 4.68 Å². The first kappa shape index (κ1) is 16.7. The molecule has 4 rings (SSSR count). The summed E-state index contributed by atoms with van der Waals surface area (Å²) in [4.78, 5) is 0. The van der Waals surface area contributed by atoms with Crippen molar-refractivity contribution in [2.45, 2.75) is 6.54 Å². The van der Waals surface area contributed by atoms with Gasteiger partial charge in [0.2, 0.25) is 6.79 Å². The van der Waals surface area contributed by atoms with Crippen molar-refractivity contribution >= 4 is 40.4 Å². The Morgan fingerprint density at radius 3 is 2.77 bits per heavy atom. The number of rotatable bonds is 4. The van der Waals surface area contributed by atoms with E-state index in [1.54, 1.807) is 10.9 Å². The van der Waals surface area contributed by atoms with Crippen LogP contribution in [0, 0.1) is 0 Å². The molecule has 0 spiro atoms. The lowest BCUT2D eigenvalue weighted by atomic mass is 10.2. The van der Waals surface area contributed by atoms with Crippen LogP contribution in [0.5, 0.6) is 11.5 Å². The fourth-order valence-corrected chi connectivity index (χ4v) is 2.99. The van der Waals surface area contributed by atoms with Crippen LogP contribution in [0.4, 0.5) is 11.5 Å². The molecule has 0 aliphatic carbocycles. The van der Waals surface area contributed by atoms with Gasteiger partial charge in [-0.1, -0.05) is 41.9 Å². The van der Waals surface area contributed by atoms with E-state index >= 15 is 0 Å². The second-order valence-electron chi connectivity index (χ2n) is 5.66. The number of hydrogen-bond acceptors (Lipinski definition) is 4. The lowest BCUT2D eigenvalue weighted by Gasteiger charge is -2.09. The van der Waals surface area contributed by atoms with Crippen molar-refractivity contribution in [3.8, 4) is 11.5 Å². The number of aromatic nitrogens is 2. The summed E-state index contributed by atoms with van der Waals surface area (Å²) >= 11 is 11.6. The maximum atomic E-state index is 6.27. The highest BCUT2D eigenvalue weighted by Gasteiger charge is 2.14. The van der Waals surface area contributed by atoms with E-state index in [2.05, 4.69) is 15.7 Å². The average Bonchev–Trinajstić information content (AvgIpc) is 3.22. The third kappa shape index (κ3) is 3.74. The van der Waals surface area contributed by atoms with Gasteiger partial charge in [0.05, 0.1) is 6.54 Å². The van der Waals surface area contributed by atoms with Gasteiger partial charge < -0.3 is 20.1 Å². The van der Waals surface area contributed by atoms with Crippen LogP contribution in [0.25, 0.3) is 0 Å². The molecule has 0 unspecified atom stereocenters. The van der Waals surface area contributed by atoms with Gasteiger partial charge >= 0.3 is 0 Å². The Hall–Kier alpha value is -2.77. The second kappa shape index (κ2) is 7.23. The topological polar surface area (TPSA) is 60.3 Å². The number of fused-ring (bicyclic) bond motifs is 1. The van der Waals surface area contributed by atoms with Crippen LogP contribution in [0.2, 0.25) is 5.02 Å². The van der Waals surface area contributed by atoms with Crippen molar-refractivity contribution in [3.05, 3.63) is 65.3 Å². The summed E-state index contributed by atoms with van der Waals surface area (Å²) in [5.41, 5.74) is 1.92. The van der Waals surface area contributed by atoms with Gasteiger partial charge in [-0.25, -0.2) is 0 Å². The van der Waals surface area contributed by atoms with Crippen LogP contribution in [0.1, 0.15) is 5.56 Å². The zero-order chi connectivity index (χ0) is 17.9. The predicted molar refractivity (Wildman–Crippen MR) is 105 cm³/mol. The molecular weight excluding hydrogens is 372 g/mol. The van der Waals surface area contributed by atoms with Crippen LogP contribution < -0.4 is 20.1 Å². The Morgan fingerprint density at radius 1 is 1.12 bits per heavy atom. The van der Waals surface area contributed by atoms with Gasteiger partial charge in [0.25, 0.3) is 0 Å². The molecule has 2 aromatic carbocycles. The Kier molecular flexibility index (Phi) is 4.64. The Labute approximate surface area is 160 Å². The predicted octanol–water partition coefficient (Wildman–Crippen LogP) is 4.12. The maximum Gasteiger partial charge on any atom is 0.231 e. The normalized spacial score (nSPS) is 12.0. The minimum absolute atomic E-state index is 0.232. The zero-order valence-corrected chi connectivity index (χ0v) is 15.2. The average molecular weight is 387 g/mol. The van der Waals surface area contributed by atoms with Crippen molar-refractivity contribution in [2.24, 2.45) is 0 Å². The molecule has 1 aliphatic rings. The molecule has 0 saturated carbocycles. The highest BCUT2D eigenvalue weighted by Crippen LogP contribution is 2.34. The number of anilines is 2. The molecule has 1 aromatic heterocycles.